The van der Waals surface area contributed by atoms with Crippen molar-refractivity contribution in [3.8, 4) is 0 Å². The lowest BCUT2D eigenvalue weighted by Crippen LogP contribution is -2.36. The number of aromatic nitrogens is 3. The third-order valence-corrected chi connectivity index (χ3v) is 3.78. The summed E-state index contributed by atoms with van der Waals surface area (Å²) in [6, 6.07) is 0.495. The molecular formula is C13H23N5O. The van der Waals surface area contributed by atoms with Gasteiger partial charge in [-0.3, -0.25) is 4.79 Å². The van der Waals surface area contributed by atoms with Crippen molar-refractivity contribution in [2.24, 2.45) is 5.92 Å². The Morgan fingerprint density at radius 3 is 2.74 bits per heavy atom. The summed E-state index contributed by atoms with van der Waals surface area (Å²) in [5.74, 6) is 0.268. The van der Waals surface area contributed by atoms with Crippen LogP contribution in [0.2, 0.25) is 0 Å². The van der Waals surface area contributed by atoms with E-state index >= 15 is 0 Å². The molecule has 1 aliphatic heterocycles. The second kappa shape index (κ2) is 6.14. The predicted molar refractivity (Wildman–Crippen MR) is 72.9 cm³/mol. The Morgan fingerprint density at radius 1 is 1.42 bits per heavy atom. The van der Waals surface area contributed by atoms with Gasteiger partial charge in [-0.2, -0.15) is 0 Å². The molecule has 0 aromatic carbocycles. The molecule has 1 aromatic heterocycles. The molecule has 6 heteroatoms. The topological polar surface area (TPSA) is 71.8 Å². The molecule has 2 rings (SSSR count). The Labute approximate surface area is 113 Å². The van der Waals surface area contributed by atoms with Crippen LogP contribution in [0, 0.1) is 5.92 Å². The van der Waals surface area contributed by atoms with Gasteiger partial charge in [-0.15, -0.1) is 5.10 Å². The molecule has 0 spiro atoms. The van der Waals surface area contributed by atoms with Crippen LogP contribution in [0.5, 0.6) is 0 Å². The van der Waals surface area contributed by atoms with Gasteiger partial charge in [-0.25, -0.2) is 4.68 Å². The number of hydrogen-bond donors (Lipinski definition) is 2. The van der Waals surface area contributed by atoms with Gasteiger partial charge < -0.3 is 10.6 Å². The van der Waals surface area contributed by atoms with Crippen molar-refractivity contribution < 1.29 is 4.79 Å². The Bertz CT molecular complexity index is 422. The van der Waals surface area contributed by atoms with E-state index in [0.29, 0.717) is 17.7 Å². The Kier molecular flexibility index (Phi) is 4.52. The highest BCUT2D eigenvalue weighted by atomic mass is 16.2. The highest BCUT2D eigenvalue weighted by Crippen LogP contribution is 2.17. The van der Waals surface area contributed by atoms with Crippen molar-refractivity contribution in [2.75, 3.05) is 13.1 Å². The van der Waals surface area contributed by atoms with Gasteiger partial charge >= 0.3 is 0 Å². The second-order valence-electron chi connectivity index (χ2n) is 5.57. The average molecular weight is 265 g/mol. The van der Waals surface area contributed by atoms with E-state index in [4.69, 9.17) is 0 Å². The number of nitrogens with zero attached hydrogens (tertiary/aromatic N) is 3. The normalized spacial score (nSPS) is 18.5. The van der Waals surface area contributed by atoms with Crippen LogP contribution in [0.4, 0.5) is 0 Å². The van der Waals surface area contributed by atoms with Crippen LogP contribution in [-0.4, -0.2) is 40.0 Å². The summed E-state index contributed by atoms with van der Waals surface area (Å²) in [6.07, 6.45) is 3.83. The summed E-state index contributed by atoms with van der Waals surface area (Å²) < 4.78 is 1.83. The van der Waals surface area contributed by atoms with Gasteiger partial charge in [0.1, 0.15) is 0 Å². The molecule has 1 aliphatic rings. The number of carbonyl (C=O) groups excluding carboxylic acids is 1. The Balaban J connectivity index is 1.98. The van der Waals surface area contributed by atoms with Crippen LogP contribution in [-0.2, 0) is 0 Å². The molecule has 1 fully saturated rings. The smallest absolute Gasteiger partial charge is 0.273 e. The minimum Gasteiger partial charge on any atom is -0.348 e. The average Bonchev–Trinajstić information content (AvgIpc) is 2.89. The standard InChI is InChI=1S/C13H23N5O/c1-9(2)10(3)15-13(19)12-8-18(17-16-12)11-4-6-14-7-5-11/h8-11,14H,4-7H2,1-3H3,(H,15,19). The minimum atomic E-state index is -0.138. The molecule has 0 saturated carbocycles. The van der Waals surface area contributed by atoms with Crippen LogP contribution in [0.25, 0.3) is 0 Å². The number of hydrogen-bond acceptors (Lipinski definition) is 4. The SMILES string of the molecule is CC(C)C(C)NC(=O)c1cn(C2CCNCC2)nn1. The number of nitrogens with one attached hydrogen (secondary N) is 2. The van der Waals surface area contributed by atoms with Gasteiger partial charge in [-0.1, -0.05) is 19.1 Å². The fourth-order valence-electron chi connectivity index (χ4n) is 2.08. The first-order chi connectivity index (χ1) is 9.08. The maximum absolute atomic E-state index is 12.0. The van der Waals surface area contributed by atoms with Crippen molar-refractivity contribution in [3.05, 3.63) is 11.9 Å². The predicted octanol–water partition coefficient (Wildman–Crippen LogP) is 0.977. The van der Waals surface area contributed by atoms with E-state index in [9.17, 15) is 4.79 Å². The number of piperidine rings is 1. The summed E-state index contributed by atoms with van der Waals surface area (Å²) in [5.41, 5.74) is 0.408. The van der Waals surface area contributed by atoms with Gasteiger partial charge in [0, 0.05) is 6.04 Å². The molecule has 1 aromatic rings. The van der Waals surface area contributed by atoms with Crippen molar-refractivity contribution >= 4 is 5.91 Å². The van der Waals surface area contributed by atoms with Crippen molar-refractivity contribution in [1.29, 1.82) is 0 Å². The van der Waals surface area contributed by atoms with Gasteiger partial charge in [0.25, 0.3) is 5.91 Å². The lowest BCUT2D eigenvalue weighted by molar-refractivity contribution is 0.0925. The molecule has 2 N–H and O–H groups in total. The number of rotatable bonds is 4. The molecule has 1 amide bonds. The first kappa shape index (κ1) is 14.0. The third-order valence-electron chi connectivity index (χ3n) is 3.78. The molecular weight excluding hydrogens is 242 g/mol. The van der Waals surface area contributed by atoms with Crippen LogP contribution in [0.1, 0.15) is 50.1 Å². The van der Waals surface area contributed by atoms with E-state index in [1.165, 1.54) is 0 Å². The molecule has 6 nitrogen and oxygen atoms in total. The summed E-state index contributed by atoms with van der Waals surface area (Å²) in [7, 11) is 0. The molecule has 0 radical (unpaired) electrons. The van der Waals surface area contributed by atoms with E-state index in [-0.39, 0.29) is 11.9 Å². The van der Waals surface area contributed by atoms with Crippen LogP contribution < -0.4 is 10.6 Å². The quantitative estimate of drug-likeness (QED) is 0.851. The largest absolute Gasteiger partial charge is 0.348 e. The molecule has 19 heavy (non-hydrogen) atoms. The Hall–Kier alpha value is -1.43. The van der Waals surface area contributed by atoms with Gasteiger partial charge in [0.2, 0.25) is 0 Å². The van der Waals surface area contributed by atoms with E-state index in [2.05, 4.69) is 34.8 Å². The van der Waals surface area contributed by atoms with Crippen molar-refractivity contribution in [3.63, 3.8) is 0 Å². The lowest BCUT2D eigenvalue weighted by Gasteiger charge is -2.22. The first-order valence-corrected chi connectivity index (χ1v) is 7.01. The summed E-state index contributed by atoms with van der Waals surface area (Å²) in [6.45, 7) is 8.15. The highest BCUT2D eigenvalue weighted by Gasteiger charge is 2.20. The van der Waals surface area contributed by atoms with Crippen LogP contribution in [0.3, 0.4) is 0 Å². The number of carbonyl (C=O) groups is 1. The highest BCUT2D eigenvalue weighted by molar-refractivity contribution is 5.92. The lowest BCUT2D eigenvalue weighted by atomic mass is 10.1. The molecule has 106 valence electrons. The number of amides is 1. The third kappa shape index (κ3) is 3.53. The summed E-state index contributed by atoms with van der Waals surface area (Å²) in [5, 5.41) is 14.3. The van der Waals surface area contributed by atoms with Crippen molar-refractivity contribution in [2.45, 2.75) is 45.7 Å². The second-order valence-corrected chi connectivity index (χ2v) is 5.57. The Morgan fingerprint density at radius 2 is 2.11 bits per heavy atom. The van der Waals surface area contributed by atoms with Crippen LogP contribution in [0.15, 0.2) is 6.20 Å². The fourth-order valence-corrected chi connectivity index (χ4v) is 2.08. The van der Waals surface area contributed by atoms with E-state index in [0.717, 1.165) is 25.9 Å². The van der Waals surface area contributed by atoms with Gasteiger partial charge in [0.15, 0.2) is 5.69 Å². The zero-order valence-electron chi connectivity index (χ0n) is 11.9. The van der Waals surface area contributed by atoms with Crippen molar-refractivity contribution in [1.82, 2.24) is 25.6 Å². The molecule has 2 heterocycles. The molecule has 0 aliphatic carbocycles. The first-order valence-electron chi connectivity index (χ1n) is 7.01. The van der Waals surface area contributed by atoms with E-state index in [1.54, 1.807) is 6.20 Å². The molecule has 1 atom stereocenters. The monoisotopic (exact) mass is 265 g/mol. The van der Waals surface area contributed by atoms with E-state index < -0.39 is 0 Å². The zero-order valence-corrected chi connectivity index (χ0v) is 11.9. The van der Waals surface area contributed by atoms with Crippen LogP contribution >= 0.6 is 0 Å². The maximum Gasteiger partial charge on any atom is 0.273 e. The summed E-state index contributed by atoms with van der Waals surface area (Å²) >= 11 is 0. The molecule has 0 bridgehead atoms. The molecule has 1 unspecified atom stereocenters. The minimum absolute atomic E-state index is 0.136. The van der Waals surface area contributed by atoms with E-state index in [1.807, 2.05) is 11.6 Å². The van der Waals surface area contributed by atoms with Gasteiger partial charge in [0.05, 0.1) is 12.2 Å². The summed E-state index contributed by atoms with van der Waals surface area (Å²) in [4.78, 5) is 12.0. The fraction of sp³-hybridized carbons (Fsp3) is 0.769. The zero-order chi connectivity index (χ0) is 13.8. The van der Waals surface area contributed by atoms with Gasteiger partial charge in [-0.05, 0) is 38.8 Å². The maximum atomic E-state index is 12.0. The molecule has 1 saturated heterocycles.